The fraction of sp³-hybridized carbons (Fsp3) is 0.900. The van der Waals surface area contributed by atoms with Crippen LogP contribution in [0.25, 0.3) is 0 Å². The van der Waals surface area contributed by atoms with Gasteiger partial charge in [0, 0.05) is 33.3 Å². The third-order valence-electron chi connectivity index (χ3n) is 2.86. The molecule has 1 heterocycles. The molecular formula is C10H21N3O4S. The Balaban J connectivity index is 2.32. The van der Waals surface area contributed by atoms with E-state index in [4.69, 9.17) is 4.74 Å². The van der Waals surface area contributed by atoms with Gasteiger partial charge in [0.15, 0.2) is 0 Å². The van der Waals surface area contributed by atoms with Crippen molar-refractivity contribution in [3.05, 3.63) is 0 Å². The first-order valence-corrected chi connectivity index (χ1v) is 7.52. The first-order valence-electron chi connectivity index (χ1n) is 5.87. The summed E-state index contributed by atoms with van der Waals surface area (Å²) in [6.45, 7) is 2.89. The standard InChI is InChI=1S/C10H21N3O4S/c1-12-3-5-13(6-4-12)10(14)9-11-18(15,16)8-7-17-2/h11H,3-9H2,1-2H3. The Morgan fingerprint density at radius 1 is 1.28 bits per heavy atom. The van der Waals surface area contributed by atoms with Gasteiger partial charge in [-0.25, -0.2) is 13.1 Å². The van der Waals surface area contributed by atoms with Crippen molar-refractivity contribution in [2.45, 2.75) is 0 Å². The summed E-state index contributed by atoms with van der Waals surface area (Å²) in [5.41, 5.74) is 0. The quantitative estimate of drug-likeness (QED) is 0.629. The number of rotatable bonds is 6. The Hall–Kier alpha value is -0.700. The molecule has 0 aromatic rings. The molecule has 7 nitrogen and oxygen atoms in total. The second kappa shape index (κ2) is 7.03. The number of methoxy groups -OCH3 is 1. The average Bonchev–Trinajstić information content (AvgIpc) is 2.35. The van der Waals surface area contributed by atoms with Gasteiger partial charge in [-0.1, -0.05) is 0 Å². The van der Waals surface area contributed by atoms with Crippen LogP contribution in [0, 0.1) is 0 Å². The van der Waals surface area contributed by atoms with Crippen molar-refractivity contribution in [1.29, 1.82) is 0 Å². The smallest absolute Gasteiger partial charge is 0.237 e. The molecule has 1 aliphatic rings. The highest BCUT2D eigenvalue weighted by Crippen LogP contribution is 1.99. The van der Waals surface area contributed by atoms with Crippen molar-refractivity contribution in [2.24, 2.45) is 0 Å². The van der Waals surface area contributed by atoms with E-state index in [1.54, 1.807) is 4.90 Å². The number of ether oxygens (including phenoxy) is 1. The number of amides is 1. The lowest BCUT2D eigenvalue weighted by Gasteiger charge is -2.32. The lowest BCUT2D eigenvalue weighted by Crippen LogP contribution is -2.50. The van der Waals surface area contributed by atoms with E-state index >= 15 is 0 Å². The summed E-state index contributed by atoms with van der Waals surface area (Å²) in [6.07, 6.45) is 0. The van der Waals surface area contributed by atoms with E-state index in [1.807, 2.05) is 7.05 Å². The van der Waals surface area contributed by atoms with Gasteiger partial charge in [-0.15, -0.1) is 0 Å². The molecule has 0 radical (unpaired) electrons. The summed E-state index contributed by atoms with van der Waals surface area (Å²) in [4.78, 5) is 15.6. The van der Waals surface area contributed by atoms with Crippen molar-refractivity contribution >= 4 is 15.9 Å². The SMILES string of the molecule is COCCS(=O)(=O)NCC(=O)N1CCN(C)CC1. The minimum atomic E-state index is -3.42. The van der Waals surface area contributed by atoms with Crippen molar-refractivity contribution in [3.63, 3.8) is 0 Å². The Morgan fingerprint density at radius 3 is 2.44 bits per heavy atom. The fourth-order valence-electron chi connectivity index (χ4n) is 1.60. The van der Waals surface area contributed by atoms with Crippen LogP contribution in [-0.4, -0.2) is 83.4 Å². The lowest BCUT2D eigenvalue weighted by atomic mass is 10.3. The van der Waals surface area contributed by atoms with Gasteiger partial charge in [-0.2, -0.15) is 0 Å². The Morgan fingerprint density at radius 2 is 1.89 bits per heavy atom. The number of sulfonamides is 1. The molecule has 106 valence electrons. The van der Waals surface area contributed by atoms with Gasteiger partial charge in [-0.3, -0.25) is 4.79 Å². The maximum atomic E-state index is 11.8. The van der Waals surface area contributed by atoms with Crippen LogP contribution in [0.1, 0.15) is 0 Å². The summed E-state index contributed by atoms with van der Waals surface area (Å²) >= 11 is 0. The van der Waals surface area contributed by atoms with Gasteiger partial charge in [0.1, 0.15) is 0 Å². The Bertz CT molecular complexity index is 363. The maximum Gasteiger partial charge on any atom is 0.237 e. The molecule has 1 rings (SSSR count). The van der Waals surface area contributed by atoms with Gasteiger partial charge < -0.3 is 14.5 Å². The second-order valence-corrected chi connectivity index (χ2v) is 6.24. The van der Waals surface area contributed by atoms with Crippen LogP contribution in [0.15, 0.2) is 0 Å². The molecule has 1 saturated heterocycles. The zero-order valence-electron chi connectivity index (χ0n) is 10.9. The van der Waals surface area contributed by atoms with E-state index in [1.165, 1.54) is 7.11 Å². The lowest BCUT2D eigenvalue weighted by molar-refractivity contribution is -0.131. The summed E-state index contributed by atoms with van der Waals surface area (Å²) in [5.74, 6) is -0.302. The number of nitrogens with one attached hydrogen (secondary N) is 1. The highest BCUT2D eigenvalue weighted by atomic mass is 32.2. The zero-order valence-corrected chi connectivity index (χ0v) is 11.7. The summed E-state index contributed by atoms with van der Waals surface area (Å²) in [6, 6.07) is 0. The number of likely N-dealkylation sites (N-methyl/N-ethyl adjacent to an activating group) is 1. The fourth-order valence-corrected chi connectivity index (χ4v) is 2.48. The van der Waals surface area contributed by atoms with Crippen LogP contribution in [0.2, 0.25) is 0 Å². The first-order chi connectivity index (χ1) is 8.44. The molecule has 0 aliphatic carbocycles. The number of piperazine rings is 1. The third-order valence-corrected chi connectivity index (χ3v) is 4.14. The molecule has 0 saturated carbocycles. The molecule has 1 aliphatic heterocycles. The highest BCUT2D eigenvalue weighted by molar-refractivity contribution is 7.89. The molecule has 0 aromatic carbocycles. The topological polar surface area (TPSA) is 78.9 Å². The van der Waals surface area contributed by atoms with E-state index in [0.717, 1.165) is 13.1 Å². The van der Waals surface area contributed by atoms with E-state index < -0.39 is 10.0 Å². The second-order valence-electron chi connectivity index (χ2n) is 4.32. The van der Waals surface area contributed by atoms with Gasteiger partial charge in [0.05, 0.1) is 18.9 Å². The molecule has 0 atom stereocenters. The van der Waals surface area contributed by atoms with Crippen LogP contribution in [-0.2, 0) is 19.6 Å². The predicted octanol–water partition coefficient (Wildman–Crippen LogP) is -1.67. The molecule has 0 bridgehead atoms. The Labute approximate surface area is 108 Å². The molecule has 1 N–H and O–H groups in total. The number of carbonyl (C=O) groups is 1. The van der Waals surface area contributed by atoms with Gasteiger partial charge >= 0.3 is 0 Å². The summed E-state index contributed by atoms with van der Waals surface area (Å²) in [5, 5.41) is 0. The van der Waals surface area contributed by atoms with E-state index in [2.05, 4.69) is 9.62 Å². The van der Waals surface area contributed by atoms with Gasteiger partial charge in [-0.05, 0) is 7.05 Å². The normalized spacial score (nSPS) is 18.0. The molecule has 18 heavy (non-hydrogen) atoms. The third kappa shape index (κ3) is 5.30. The van der Waals surface area contributed by atoms with Gasteiger partial charge in [0.25, 0.3) is 0 Å². The van der Waals surface area contributed by atoms with Crippen LogP contribution in [0.4, 0.5) is 0 Å². The predicted molar refractivity (Wildman–Crippen MR) is 67.7 cm³/mol. The van der Waals surface area contributed by atoms with E-state index in [0.29, 0.717) is 13.1 Å². The van der Waals surface area contributed by atoms with E-state index in [-0.39, 0.29) is 24.8 Å². The minimum Gasteiger partial charge on any atom is -0.384 e. The van der Waals surface area contributed by atoms with Gasteiger partial charge in [0.2, 0.25) is 15.9 Å². The van der Waals surface area contributed by atoms with Crippen LogP contribution in [0.5, 0.6) is 0 Å². The molecule has 0 unspecified atom stereocenters. The average molecular weight is 279 g/mol. The Kier molecular flexibility index (Phi) is 6.00. The first kappa shape index (κ1) is 15.4. The van der Waals surface area contributed by atoms with Crippen molar-refractivity contribution in [3.8, 4) is 0 Å². The van der Waals surface area contributed by atoms with Crippen molar-refractivity contribution < 1.29 is 17.9 Å². The highest BCUT2D eigenvalue weighted by Gasteiger charge is 2.20. The maximum absolute atomic E-state index is 11.8. The molecular weight excluding hydrogens is 258 g/mol. The molecule has 1 fully saturated rings. The number of nitrogens with zero attached hydrogens (tertiary/aromatic N) is 2. The van der Waals surface area contributed by atoms with Crippen LogP contribution >= 0.6 is 0 Å². The summed E-state index contributed by atoms with van der Waals surface area (Å²) < 4.78 is 29.9. The number of hydrogen-bond acceptors (Lipinski definition) is 5. The largest absolute Gasteiger partial charge is 0.384 e. The molecule has 0 spiro atoms. The number of carbonyl (C=O) groups excluding carboxylic acids is 1. The number of hydrogen-bond donors (Lipinski definition) is 1. The molecule has 0 aromatic heterocycles. The van der Waals surface area contributed by atoms with E-state index in [9.17, 15) is 13.2 Å². The summed E-state index contributed by atoms with van der Waals surface area (Å²) in [7, 11) is 0.00958. The van der Waals surface area contributed by atoms with Crippen LogP contribution in [0.3, 0.4) is 0 Å². The van der Waals surface area contributed by atoms with Crippen molar-refractivity contribution in [2.75, 3.05) is 59.2 Å². The van der Waals surface area contributed by atoms with Crippen molar-refractivity contribution in [1.82, 2.24) is 14.5 Å². The zero-order chi connectivity index (χ0) is 13.6. The molecule has 1 amide bonds. The minimum absolute atomic E-state index is 0.123. The monoisotopic (exact) mass is 279 g/mol. The van der Waals surface area contributed by atoms with Crippen LogP contribution < -0.4 is 4.72 Å². The molecule has 8 heteroatoms.